The molecule has 0 saturated carbocycles. The van der Waals surface area contributed by atoms with Crippen LogP contribution in [0.3, 0.4) is 0 Å². The van der Waals surface area contributed by atoms with Gasteiger partial charge in [-0.2, -0.15) is 0 Å². The molecule has 2 rings (SSSR count). The molecule has 1 heterocycles. The average Bonchev–Trinajstić information content (AvgIpc) is 2.59. The first kappa shape index (κ1) is 15.4. The molecule has 1 aliphatic heterocycles. The van der Waals surface area contributed by atoms with Crippen LogP contribution in [0.2, 0.25) is 0 Å². The van der Waals surface area contributed by atoms with Crippen LogP contribution in [0.25, 0.3) is 0 Å². The Morgan fingerprint density at radius 2 is 2.20 bits per heavy atom. The van der Waals surface area contributed by atoms with Gasteiger partial charge < -0.3 is 10.2 Å². The zero-order chi connectivity index (χ0) is 14.5. The van der Waals surface area contributed by atoms with E-state index in [2.05, 4.69) is 55.3 Å². The largest absolute Gasteiger partial charge is 0.366 e. The number of nitrogens with zero attached hydrogens (tertiary/aromatic N) is 1. The van der Waals surface area contributed by atoms with Crippen LogP contribution < -0.4 is 10.2 Å². The fraction of sp³-hybridized carbons (Fsp3) is 0.529. The maximum absolute atomic E-state index is 5.86. The predicted molar refractivity (Wildman–Crippen MR) is 88.3 cm³/mol. The number of halogens is 1. The van der Waals surface area contributed by atoms with Gasteiger partial charge in [0.2, 0.25) is 0 Å². The Hall–Kier alpha value is -0.990. The van der Waals surface area contributed by atoms with Gasteiger partial charge in [0.25, 0.3) is 0 Å². The number of fused-ring (bicyclic) bond motifs is 1. The Balaban J connectivity index is 2.22. The third-order valence-electron chi connectivity index (χ3n) is 3.74. The summed E-state index contributed by atoms with van der Waals surface area (Å²) in [4.78, 5) is 2.45. The highest BCUT2D eigenvalue weighted by molar-refractivity contribution is 6.25. The van der Waals surface area contributed by atoms with Gasteiger partial charge in [0.15, 0.2) is 0 Å². The zero-order valence-electron chi connectivity index (χ0n) is 12.7. The average molecular weight is 293 g/mol. The Bertz CT molecular complexity index is 468. The van der Waals surface area contributed by atoms with Gasteiger partial charge in [-0.25, -0.2) is 0 Å². The van der Waals surface area contributed by atoms with Crippen LogP contribution in [0.4, 0.5) is 5.69 Å². The van der Waals surface area contributed by atoms with E-state index in [0.717, 1.165) is 19.6 Å². The third-order valence-corrected chi connectivity index (χ3v) is 4.11. The Labute approximate surface area is 127 Å². The molecular weight excluding hydrogens is 268 g/mol. The number of hydrogen-bond acceptors (Lipinski definition) is 2. The second-order valence-electron chi connectivity index (χ2n) is 6.17. The molecule has 0 amide bonds. The van der Waals surface area contributed by atoms with Crippen LogP contribution in [0.5, 0.6) is 0 Å². The van der Waals surface area contributed by atoms with Gasteiger partial charge in [-0.1, -0.05) is 43.6 Å². The number of benzene rings is 1. The standard InChI is InChI=1S/C17H25ClN2/c1-13(2)8-16-12-20(11-14(3)9-18)17-7-5-4-6-15(17)10-19-16/h4-7,9,13,16,19H,8,10-12H2,1-3H3/b14-9+. The molecule has 110 valence electrons. The molecular formula is C17H25ClN2. The van der Waals surface area contributed by atoms with Crippen LogP contribution >= 0.6 is 11.6 Å². The Morgan fingerprint density at radius 1 is 1.45 bits per heavy atom. The number of para-hydroxylation sites is 1. The van der Waals surface area contributed by atoms with Gasteiger partial charge in [0.05, 0.1) is 0 Å². The summed E-state index contributed by atoms with van der Waals surface area (Å²) in [6, 6.07) is 9.20. The number of nitrogens with one attached hydrogen (secondary N) is 1. The van der Waals surface area contributed by atoms with Crippen molar-refractivity contribution >= 4 is 17.3 Å². The molecule has 1 aromatic carbocycles. The molecule has 1 aromatic rings. The van der Waals surface area contributed by atoms with E-state index in [1.54, 1.807) is 5.54 Å². The minimum absolute atomic E-state index is 0.533. The van der Waals surface area contributed by atoms with Crippen molar-refractivity contribution < 1.29 is 0 Å². The van der Waals surface area contributed by atoms with Crippen molar-refractivity contribution in [2.75, 3.05) is 18.0 Å². The zero-order valence-corrected chi connectivity index (χ0v) is 13.5. The van der Waals surface area contributed by atoms with Crippen LogP contribution in [-0.2, 0) is 6.54 Å². The van der Waals surface area contributed by atoms with Crippen molar-refractivity contribution in [3.05, 3.63) is 40.9 Å². The summed E-state index contributed by atoms with van der Waals surface area (Å²) in [5.74, 6) is 0.709. The van der Waals surface area contributed by atoms with Crippen LogP contribution in [-0.4, -0.2) is 19.1 Å². The topological polar surface area (TPSA) is 15.3 Å². The highest BCUT2D eigenvalue weighted by Crippen LogP contribution is 2.25. The normalized spacial score (nSPS) is 19.9. The Kier molecular flexibility index (Phi) is 5.50. The molecule has 0 bridgehead atoms. The Morgan fingerprint density at radius 3 is 2.90 bits per heavy atom. The van der Waals surface area contributed by atoms with Crippen LogP contribution in [0, 0.1) is 5.92 Å². The van der Waals surface area contributed by atoms with E-state index in [1.807, 2.05) is 0 Å². The van der Waals surface area contributed by atoms with Crippen molar-refractivity contribution in [2.45, 2.75) is 39.8 Å². The molecule has 2 nitrogen and oxygen atoms in total. The second kappa shape index (κ2) is 7.14. The highest BCUT2D eigenvalue weighted by atomic mass is 35.5. The lowest BCUT2D eigenvalue weighted by Gasteiger charge is -2.28. The highest BCUT2D eigenvalue weighted by Gasteiger charge is 2.21. The summed E-state index contributed by atoms with van der Waals surface area (Å²) in [6.07, 6.45) is 1.20. The maximum atomic E-state index is 5.86. The monoisotopic (exact) mass is 292 g/mol. The van der Waals surface area contributed by atoms with Gasteiger partial charge >= 0.3 is 0 Å². The maximum Gasteiger partial charge on any atom is 0.0415 e. The molecule has 0 spiro atoms. The third kappa shape index (κ3) is 4.00. The van der Waals surface area contributed by atoms with Gasteiger partial charge in [0, 0.05) is 36.9 Å². The number of anilines is 1. The minimum Gasteiger partial charge on any atom is -0.366 e. The van der Waals surface area contributed by atoms with E-state index < -0.39 is 0 Å². The van der Waals surface area contributed by atoms with Gasteiger partial charge in [-0.3, -0.25) is 0 Å². The van der Waals surface area contributed by atoms with E-state index in [9.17, 15) is 0 Å². The second-order valence-corrected chi connectivity index (χ2v) is 6.39. The first-order chi connectivity index (χ1) is 9.60. The van der Waals surface area contributed by atoms with E-state index in [4.69, 9.17) is 11.6 Å². The molecule has 0 fully saturated rings. The fourth-order valence-electron chi connectivity index (χ4n) is 2.86. The van der Waals surface area contributed by atoms with E-state index >= 15 is 0 Å². The van der Waals surface area contributed by atoms with E-state index in [0.29, 0.717) is 12.0 Å². The minimum atomic E-state index is 0.533. The van der Waals surface area contributed by atoms with Crippen molar-refractivity contribution in [3.8, 4) is 0 Å². The summed E-state index contributed by atoms with van der Waals surface area (Å²) >= 11 is 5.86. The fourth-order valence-corrected chi connectivity index (χ4v) is 2.93. The number of rotatable bonds is 4. The molecule has 1 aliphatic rings. The first-order valence-electron chi connectivity index (χ1n) is 7.42. The molecule has 0 saturated heterocycles. The lowest BCUT2D eigenvalue weighted by atomic mass is 10.0. The smallest absolute Gasteiger partial charge is 0.0415 e. The lowest BCUT2D eigenvalue weighted by molar-refractivity contribution is 0.423. The van der Waals surface area contributed by atoms with Crippen molar-refractivity contribution in [1.29, 1.82) is 0 Å². The predicted octanol–water partition coefficient (Wildman–Crippen LogP) is 4.15. The molecule has 3 heteroatoms. The molecule has 0 aromatic heterocycles. The summed E-state index contributed by atoms with van der Waals surface area (Å²) in [7, 11) is 0. The quantitative estimate of drug-likeness (QED) is 0.897. The molecule has 0 aliphatic carbocycles. The lowest BCUT2D eigenvalue weighted by Crippen LogP contribution is -2.39. The summed E-state index contributed by atoms with van der Waals surface area (Å²) in [5.41, 5.74) is 5.61. The molecule has 0 radical (unpaired) electrons. The molecule has 1 N–H and O–H groups in total. The van der Waals surface area contributed by atoms with Crippen molar-refractivity contribution in [1.82, 2.24) is 5.32 Å². The number of hydrogen-bond donors (Lipinski definition) is 1. The van der Waals surface area contributed by atoms with Crippen molar-refractivity contribution in [3.63, 3.8) is 0 Å². The van der Waals surface area contributed by atoms with Gasteiger partial charge in [0.1, 0.15) is 0 Å². The molecule has 1 unspecified atom stereocenters. The van der Waals surface area contributed by atoms with E-state index in [-0.39, 0.29) is 0 Å². The molecule has 20 heavy (non-hydrogen) atoms. The molecule has 1 atom stereocenters. The summed E-state index contributed by atoms with van der Waals surface area (Å²) in [6.45, 7) is 9.55. The summed E-state index contributed by atoms with van der Waals surface area (Å²) in [5, 5.41) is 3.70. The van der Waals surface area contributed by atoms with Crippen molar-refractivity contribution in [2.24, 2.45) is 5.92 Å². The van der Waals surface area contributed by atoms with Crippen LogP contribution in [0.15, 0.2) is 35.4 Å². The van der Waals surface area contributed by atoms with Gasteiger partial charge in [-0.05, 0) is 36.5 Å². The van der Waals surface area contributed by atoms with Crippen LogP contribution in [0.1, 0.15) is 32.8 Å². The summed E-state index contributed by atoms with van der Waals surface area (Å²) < 4.78 is 0. The van der Waals surface area contributed by atoms with Gasteiger partial charge in [-0.15, -0.1) is 0 Å². The first-order valence-corrected chi connectivity index (χ1v) is 7.86. The SMILES string of the molecule is C/C(=C\Cl)CN1CC(CC(C)C)NCc2ccccc21. The van der Waals surface area contributed by atoms with E-state index in [1.165, 1.54) is 23.2 Å².